The third-order valence-corrected chi connectivity index (χ3v) is 8.02. The highest BCUT2D eigenvalue weighted by atomic mass is 35.5. The van der Waals surface area contributed by atoms with Crippen LogP contribution >= 0.6 is 11.6 Å². The van der Waals surface area contributed by atoms with E-state index < -0.39 is 45.8 Å². The zero-order chi connectivity index (χ0) is 29.0. The lowest BCUT2D eigenvalue weighted by Crippen LogP contribution is -2.54. The van der Waals surface area contributed by atoms with Crippen LogP contribution in [-0.2, 0) is 26.2 Å². The van der Waals surface area contributed by atoms with Gasteiger partial charge in [0, 0.05) is 22.7 Å². The van der Waals surface area contributed by atoms with Gasteiger partial charge in [-0.1, -0.05) is 54.1 Å². The second kappa shape index (κ2) is 12.2. The highest BCUT2D eigenvalue weighted by molar-refractivity contribution is 7.92. The molecule has 2 amide bonds. The lowest BCUT2D eigenvalue weighted by atomic mass is 10.1. The van der Waals surface area contributed by atoms with Crippen molar-refractivity contribution < 1.29 is 22.4 Å². The number of rotatable bonds is 9. The van der Waals surface area contributed by atoms with Crippen LogP contribution in [0.5, 0.6) is 0 Å². The minimum absolute atomic E-state index is 0.0173. The molecular formula is C29H33ClFN3O4S. The number of carbonyl (C=O) groups is 2. The summed E-state index contributed by atoms with van der Waals surface area (Å²) in [4.78, 5) is 28.2. The van der Waals surface area contributed by atoms with E-state index in [1.165, 1.54) is 48.2 Å². The van der Waals surface area contributed by atoms with Gasteiger partial charge in [-0.2, -0.15) is 0 Å². The van der Waals surface area contributed by atoms with E-state index in [9.17, 15) is 22.4 Å². The van der Waals surface area contributed by atoms with Gasteiger partial charge in [-0.05, 0) is 70.5 Å². The maximum absolute atomic E-state index is 14.6. The number of aryl methyl sites for hydroxylation is 1. The first kappa shape index (κ1) is 30.1. The van der Waals surface area contributed by atoms with Crippen LogP contribution in [0.3, 0.4) is 0 Å². The number of nitrogens with one attached hydrogen (secondary N) is 1. The van der Waals surface area contributed by atoms with Gasteiger partial charge >= 0.3 is 0 Å². The highest BCUT2D eigenvalue weighted by Gasteiger charge is 2.34. The lowest BCUT2D eigenvalue weighted by molar-refractivity contribution is -0.140. The summed E-state index contributed by atoms with van der Waals surface area (Å²) in [6, 6.07) is 17.4. The normalized spacial score (nSPS) is 12.5. The van der Waals surface area contributed by atoms with Crippen molar-refractivity contribution in [2.24, 2.45) is 0 Å². The van der Waals surface area contributed by atoms with Gasteiger partial charge in [0.2, 0.25) is 11.8 Å². The number of amides is 2. The van der Waals surface area contributed by atoms with Gasteiger partial charge in [0.25, 0.3) is 10.0 Å². The summed E-state index contributed by atoms with van der Waals surface area (Å²) in [5, 5.41) is 3.13. The van der Waals surface area contributed by atoms with E-state index in [2.05, 4.69) is 5.32 Å². The van der Waals surface area contributed by atoms with Gasteiger partial charge in [-0.25, -0.2) is 12.8 Å². The Balaban J connectivity index is 2.08. The Morgan fingerprint density at radius 3 is 2.23 bits per heavy atom. The maximum atomic E-state index is 14.6. The third kappa shape index (κ3) is 7.58. The molecule has 3 aromatic rings. The number of benzene rings is 3. The Hall–Kier alpha value is -3.43. The Morgan fingerprint density at radius 1 is 1.00 bits per heavy atom. The van der Waals surface area contributed by atoms with Gasteiger partial charge in [0.1, 0.15) is 18.4 Å². The van der Waals surface area contributed by atoms with Crippen molar-refractivity contribution >= 4 is 39.1 Å². The molecule has 39 heavy (non-hydrogen) atoms. The lowest BCUT2D eigenvalue weighted by Gasteiger charge is -2.34. The third-order valence-electron chi connectivity index (χ3n) is 6.01. The van der Waals surface area contributed by atoms with Gasteiger partial charge in [0.15, 0.2) is 0 Å². The largest absolute Gasteiger partial charge is 0.350 e. The second-order valence-corrected chi connectivity index (χ2v) is 12.6. The molecule has 0 radical (unpaired) electrons. The van der Waals surface area contributed by atoms with Crippen molar-refractivity contribution in [3.63, 3.8) is 0 Å². The number of sulfonamides is 1. The van der Waals surface area contributed by atoms with E-state index in [1.54, 1.807) is 64.1 Å². The molecule has 0 heterocycles. The van der Waals surface area contributed by atoms with E-state index in [4.69, 9.17) is 11.6 Å². The molecule has 1 N–H and O–H groups in total. The van der Waals surface area contributed by atoms with Crippen molar-refractivity contribution in [2.75, 3.05) is 10.8 Å². The van der Waals surface area contributed by atoms with Gasteiger partial charge in [-0.3, -0.25) is 13.9 Å². The van der Waals surface area contributed by atoms with Crippen LogP contribution in [0.4, 0.5) is 10.1 Å². The van der Waals surface area contributed by atoms with E-state index in [-0.39, 0.29) is 27.7 Å². The molecule has 0 saturated carbocycles. The molecule has 1 atom stereocenters. The van der Waals surface area contributed by atoms with E-state index in [0.717, 1.165) is 4.31 Å². The smallest absolute Gasteiger partial charge is 0.264 e. The molecule has 0 aromatic heterocycles. The monoisotopic (exact) mass is 573 g/mol. The highest BCUT2D eigenvalue weighted by Crippen LogP contribution is 2.30. The van der Waals surface area contributed by atoms with Crippen molar-refractivity contribution in [1.29, 1.82) is 0 Å². The summed E-state index contributed by atoms with van der Waals surface area (Å²) in [7, 11) is -4.23. The number of hydrogen-bond acceptors (Lipinski definition) is 4. The summed E-state index contributed by atoms with van der Waals surface area (Å²) in [5.41, 5.74) is 0.402. The maximum Gasteiger partial charge on any atom is 0.264 e. The van der Waals surface area contributed by atoms with Crippen LogP contribution in [0.2, 0.25) is 5.02 Å². The van der Waals surface area contributed by atoms with Crippen LogP contribution in [0, 0.1) is 12.7 Å². The molecule has 208 valence electrons. The van der Waals surface area contributed by atoms with Crippen LogP contribution in [0.1, 0.15) is 38.8 Å². The molecule has 7 nitrogen and oxygen atoms in total. The van der Waals surface area contributed by atoms with Crippen LogP contribution < -0.4 is 9.62 Å². The van der Waals surface area contributed by atoms with Gasteiger partial charge < -0.3 is 10.2 Å². The summed E-state index contributed by atoms with van der Waals surface area (Å²) >= 11 is 6.22. The van der Waals surface area contributed by atoms with Crippen molar-refractivity contribution in [2.45, 2.75) is 57.6 Å². The first-order chi connectivity index (χ1) is 18.2. The molecule has 3 rings (SSSR count). The Labute approximate surface area is 234 Å². The van der Waals surface area contributed by atoms with Crippen LogP contribution in [-0.4, -0.2) is 43.3 Å². The zero-order valence-corrected chi connectivity index (χ0v) is 24.2. The first-order valence-corrected chi connectivity index (χ1v) is 14.2. The predicted octanol–water partition coefficient (Wildman–Crippen LogP) is 5.31. The van der Waals surface area contributed by atoms with Crippen molar-refractivity contribution in [3.05, 3.63) is 94.8 Å². The Bertz CT molecular complexity index is 1440. The Kier molecular flexibility index (Phi) is 9.40. The minimum atomic E-state index is -4.23. The SMILES string of the molecule is Cc1ccc(Cl)cc1N(CC(=O)N(Cc1ccccc1F)C(C)C(=O)NC(C)(C)C)S(=O)(=O)c1ccccc1. The summed E-state index contributed by atoms with van der Waals surface area (Å²) in [6.07, 6.45) is 0. The standard InChI is InChI=1S/C29H33ClFN3O4S/c1-20-15-16-23(30)17-26(20)34(39(37,38)24-12-7-6-8-13-24)19-27(35)33(18-22-11-9-10-14-25(22)31)21(2)28(36)32-29(3,4)5/h6-17,21H,18-19H2,1-5H3,(H,32,36). The summed E-state index contributed by atoms with van der Waals surface area (Å²) in [6.45, 7) is 7.77. The van der Waals surface area contributed by atoms with Crippen molar-refractivity contribution in [1.82, 2.24) is 10.2 Å². The molecule has 10 heteroatoms. The fourth-order valence-electron chi connectivity index (χ4n) is 3.95. The second-order valence-electron chi connectivity index (χ2n) is 10.3. The number of anilines is 1. The van der Waals surface area contributed by atoms with E-state index in [1.807, 2.05) is 0 Å². The molecule has 0 saturated heterocycles. The number of hydrogen-bond donors (Lipinski definition) is 1. The summed E-state index contributed by atoms with van der Waals surface area (Å²) in [5.74, 6) is -1.68. The average Bonchev–Trinajstić information content (AvgIpc) is 2.87. The fourth-order valence-corrected chi connectivity index (χ4v) is 5.61. The molecule has 0 aliphatic heterocycles. The Morgan fingerprint density at radius 2 is 1.62 bits per heavy atom. The fraction of sp³-hybridized carbons (Fsp3) is 0.310. The van der Waals surface area contributed by atoms with Crippen LogP contribution in [0.25, 0.3) is 0 Å². The molecule has 0 aliphatic carbocycles. The number of halogens is 2. The van der Waals surface area contributed by atoms with Crippen molar-refractivity contribution in [3.8, 4) is 0 Å². The molecule has 0 spiro atoms. The molecule has 0 fully saturated rings. The van der Waals surface area contributed by atoms with Gasteiger partial charge in [-0.15, -0.1) is 0 Å². The predicted molar refractivity (Wildman–Crippen MR) is 151 cm³/mol. The molecule has 0 aliphatic rings. The molecule has 3 aromatic carbocycles. The average molecular weight is 574 g/mol. The van der Waals surface area contributed by atoms with E-state index >= 15 is 0 Å². The van der Waals surface area contributed by atoms with Crippen LogP contribution in [0.15, 0.2) is 77.7 Å². The molecule has 1 unspecified atom stereocenters. The van der Waals surface area contributed by atoms with E-state index in [0.29, 0.717) is 5.56 Å². The van der Waals surface area contributed by atoms with Gasteiger partial charge in [0.05, 0.1) is 10.6 Å². The minimum Gasteiger partial charge on any atom is -0.350 e. The zero-order valence-electron chi connectivity index (χ0n) is 22.6. The quantitative estimate of drug-likeness (QED) is 0.376. The first-order valence-electron chi connectivity index (χ1n) is 12.4. The number of nitrogens with zero attached hydrogens (tertiary/aromatic N) is 2. The number of carbonyl (C=O) groups excluding carboxylic acids is 2. The molecule has 0 bridgehead atoms. The summed E-state index contributed by atoms with van der Waals surface area (Å²) < 4.78 is 43.3. The topological polar surface area (TPSA) is 86.8 Å². The molecular weight excluding hydrogens is 541 g/mol.